The summed E-state index contributed by atoms with van der Waals surface area (Å²) >= 11 is 0. The van der Waals surface area contributed by atoms with E-state index in [-0.39, 0.29) is 11.3 Å². The molecule has 1 heterocycles. The number of para-hydroxylation sites is 1. The number of carbonyl (C=O) groups excluding carboxylic acids is 2. The SMILES string of the molecule is CC(Cc1c[nH]c2ccccc12)(C(N)=O)C(=O)NCC12CC3CC(CC(C3)C1)C2. The topological polar surface area (TPSA) is 88.0 Å². The summed E-state index contributed by atoms with van der Waals surface area (Å²) in [5, 5.41) is 4.21. The highest BCUT2D eigenvalue weighted by Crippen LogP contribution is 2.59. The molecule has 0 saturated heterocycles. The first-order valence-corrected chi connectivity index (χ1v) is 11.0. The van der Waals surface area contributed by atoms with E-state index in [1.165, 1.54) is 38.5 Å². The second-order valence-electron chi connectivity index (χ2n) is 10.3. The van der Waals surface area contributed by atoms with E-state index in [4.69, 9.17) is 5.73 Å². The minimum Gasteiger partial charge on any atom is -0.369 e. The van der Waals surface area contributed by atoms with Gasteiger partial charge < -0.3 is 16.0 Å². The summed E-state index contributed by atoms with van der Waals surface area (Å²) < 4.78 is 0. The van der Waals surface area contributed by atoms with Crippen molar-refractivity contribution in [3.05, 3.63) is 36.0 Å². The number of aromatic amines is 1. The fourth-order valence-electron chi connectivity index (χ4n) is 6.91. The predicted molar refractivity (Wildman–Crippen MR) is 113 cm³/mol. The molecule has 1 unspecified atom stereocenters. The normalized spacial score (nSPS) is 32.2. The molecule has 5 heteroatoms. The minimum atomic E-state index is -1.26. The number of primary amides is 1. The quantitative estimate of drug-likeness (QED) is 0.656. The Bertz CT molecular complexity index is 927. The van der Waals surface area contributed by atoms with Crippen LogP contribution < -0.4 is 11.1 Å². The largest absolute Gasteiger partial charge is 0.369 e. The van der Waals surface area contributed by atoms with Crippen LogP contribution in [-0.2, 0) is 16.0 Å². The molecule has 0 spiro atoms. The summed E-state index contributed by atoms with van der Waals surface area (Å²) in [6, 6.07) is 7.94. The number of benzene rings is 1. The Balaban J connectivity index is 1.33. The third-order valence-corrected chi connectivity index (χ3v) is 8.05. The lowest BCUT2D eigenvalue weighted by molar-refractivity contribution is -0.141. The molecular weight excluding hydrogens is 362 g/mol. The van der Waals surface area contributed by atoms with Gasteiger partial charge in [-0.1, -0.05) is 18.2 Å². The Hall–Kier alpha value is -2.30. The van der Waals surface area contributed by atoms with Crippen LogP contribution in [0.3, 0.4) is 0 Å². The smallest absolute Gasteiger partial charge is 0.235 e. The van der Waals surface area contributed by atoms with E-state index in [9.17, 15) is 9.59 Å². The molecule has 1 aromatic heterocycles. The van der Waals surface area contributed by atoms with Gasteiger partial charge in [0.1, 0.15) is 5.41 Å². The molecule has 0 aliphatic heterocycles. The van der Waals surface area contributed by atoms with Crippen LogP contribution in [-0.4, -0.2) is 23.3 Å². The van der Waals surface area contributed by atoms with Crippen molar-refractivity contribution in [1.82, 2.24) is 10.3 Å². The van der Waals surface area contributed by atoms with E-state index in [2.05, 4.69) is 10.3 Å². The maximum absolute atomic E-state index is 13.2. The van der Waals surface area contributed by atoms with Gasteiger partial charge in [0.2, 0.25) is 11.8 Å². The number of aromatic nitrogens is 1. The van der Waals surface area contributed by atoms with E-state index < -0.39 is 11.3 Å². The second-order valence-corrected chi connectivity index (χ2v) is 10.3. The molecule has 1 atom stereocenters. The Kier molecular flexibility index (Phi) is 4.27. The van der Waals surface area contributed by atoms with Crippen LogP contribution in [0, 0.1) is 28.6 Å². The lowest BCUT2D eigenvalue weighted by Crippen LogP contribution is -2.55. The summed E-state index contributed by atoms with van der Waals surface area (Å²) in [5.74, 6) is 1.72. The molecule has 1 aromatic carbocycles. The van der Waals surface area contributed by atoms with Gasteiger partial charge in [0.05, 0.1) is 0 Å². The highest BCUT2D eigenvalue weighted by atomic mass is 16.2. The van der Waals surface area contributed by atoms with E-state index in [0.717, 1.165) is 34.2 Å². The zero-order chi connectivity index (χ0) is 20.2. The minimum absolute atomic E-state index is 0.231. The van der Waals surface area contributed by atoms with E-state index in [1.807, 2.05) is 30.5 Å². The highest BCUT2D eigenvalue weighted by Gasteiger charge is 2.51. The Morgan fingerprint density at radius 2 is 1.76 bits per heavy atom. The van der Waals surface area contributed by atoms with Crippen LogP contribution in [0.2, 0.25) is 0 Å². The second kappa shape index (κ2) is 6.61. The fourth-order valence-corrected chi connectivity index (χ4v) is 6.91. The van der Waals surface area contributed by atoms with Crippen LogP contribution >= 0.6 is 0 Å². The summed E-state index contributed by atoms with van der Waals surface area (Å²) in [5.41, 5.74) is 6.70. The van der Waals surface area contributed by atoms with Crippen LogP contribution in [0.15, 0.2) is 30.5 Å². The molecule has 0 radical (unpaired) electrons. The van der Waals surface area contributed by atoms with Crippen molar-refractivity contribution < 1.29 is 9.59 Å². The lowest BCUT2D eigenvalue weighted by Gasteiger charge is -2.57. The molecule has 29 heavy (non-hydrogen) atoms. The number of fused-ring (bicyclic) bond motifs is 1. The Labute approximate surface area is 171 Å². The van der Waals surface area contributed by atoms with Crippen LogP contribution in [0.1, 0.15) is 51.0 Å². The number of hydrogen-bond acceptors (Lipinski definition) is 2. The monoisotopic (exact) mass is 393 g/mol. The summed E-state index contributed by atoms with van der Waals surface area (Å²) in [4.78, 5) is 28.9. The van der Waals surface area contributed by atoms with Gasteiger partial charge in [0.25, 0.3) is 0 Å². The molecule has 4 aliphatic rings. The van der Waals surface area contributed by atoms with Gasteiger partial charge in [0.15, 0.2) is 0 Å². The zero-order valence-electron chi connectivity index (χ0n) is 17.2. The average Bonchev–Trinajstić information content (AvgIpc) is 3.07. The molecule has 2 amide bonds. The molecule has 4 bridgehead atoms. The number of hydrogen-bond donors (Lipinski definition) is 3. The molecule has 4 N–H and O–H groups in total. The molecular formula is C24H31N3O2. The zero-order valence-corrected chi connectivity index (χ0v) is 17.2. The van der Waals surface area contributed by atoms with Crippen molar-refractivity contribution in [2.24, 2.45) is 34.3 Å². The van der Waals surface area contributed by atoms with E-state index >= 15 is 0 Å². The maximum Gasteiger partial charge on any atom is 0.235 e. The van der Waals surface area contributed by atoms with Crippen molar-refractivity contribution in [3.63, 3.8) is 0 Å². The summed E-state index contributed by atoms with van der Waals surface area (Å²) in [6.45, 7) is 2.37. The van der Waals surface area contributed by atoms with Gasteiger partial charge in [-0.2, -0.15) is 0 Å². The van der Waals surface area contributed by atoms with Crippen LogP contribution in [0.5, 0.6) is 0 Å². The first-order valence-electron chi connectivity index (χ1n) is 11.0. The molecule has 6 rings (SSSR count). The third-order valence-electron chi connectivity index (χ3n) is 8.05. The number of H-pyrrole nitrogens is 1. The Morgan fingerprint density at radius 1 is 1.14 bits per heavy atom. The third kappa shape index (κ3) is 3.15. The predicted octanol–water partition coefficient (Wildman–Crippen LogP) is 3.53. The van der Waals surface area contributed by atoms with Crippen molar-refractivity contribution in [2.75, 3.05) is 6.54 Å². The van der Waals surface area contributed by atoms with Gasteiger partial charge >= 0.3 is 0 Å². The lowest BCUT2D eigenvalue weighted by atomic mass is 9.49. The number of nitrogens with two attached hydrogens (primary N) is 1. The van der Waals surface area contributed by atoms with Gasteiger partial charge in [0, 0.05) is 23.6 Å². The van der Waals surface area contributed by atoms with E-state index in [1.54, 1.807) is 6.92 Å². The van der Waals surface area contributed by atoms with Crippen LogP contribution in [0.4, 0.5) is 0 Å². The fraction of sp³-hybridized carbons (Fsp3) is 0.583. The molecule has 154 valence electrons. The van der Waals surface area contributed by atoms with Crippen molar-refractivity contribution in [3.8, 4) is 0 Å². The maximum atomic E-state index is 13.2. The molecule has 2 aromatic rings. The number of carbonyl (C=O) groups is 2. The van der Waals surface area contributed by atoms with Gasteiger partial charge in [-0.05, 0) is 86.7 Å². The molecule has 4 aliphatic carbocycles. The van der Waals surface area contributed by atoms with E-state index in [0.29, 0.717) is 13.0 Å². The highest BCUT2D eigenvalue weighted by molar-refractivity contribution is 6.04. The molecule has 5 nitrogen and oxygen atoms in total. The first-order chi connectivity index (χ1) is 13.9. The van der Waals surface area contributed by atoms with Gasteiger partial charge in [-0.15, -0.1) is 0 Å². The average molecular weight is 394 g/mol. The van der Waals surface area contributed by atoms with Gasteiger partial charge in [-0.25, -0.2) is 0 Å². The standard InChI is InChI=1S/C24H31N3O2/c1-23(21(25)28,12-18-13-26-20-5-3-2-4-19(18)20)22(29)27-14-24-9-15-6-16(10-24)8-17(7-15)11-24/h2-5,13,15-17,26H,6-12,14H2,1H3,(H2,25,28)(H,27,29). The molecule has 4 fully saturated rings. The number of amides is 2. The number of nitrogens with one attached hydrogen (secondary N) is 2. The summed E-state index contributed by atoms with van der Waals surface area (Å²) in [6.07, 6.45) is 10.0. The molecule has 4 saturated carbocycles. The van der Waals surface area contributed by atoms with Crippen LogP contribution in [0.25, 0.3) is 10.9 Å². The van der Waals surface area contributed by atoms with Crippen molar-refractivity contribution in [2.45, 2.75) is 51.9 Å². The van der Waals surface area contributed by atoms with Crippen molar-refractivity contribution >= 4 is 22.7 Å². The Morgan fingerprint density at radius 3 is 2.38 bits per heavy atom. The first kappa shape index (κ1) is 18.7. The van der Waals surface area contributed by atoms with Crippen molar-refractivity contribution in [1.29, 1.82) is 0 Å². The summed E-state index contributed by atoms with van der Waals surface area (Å²) in [7, 11) is 0. The number of rotatable bonds is 6. The van der Waals surface area contributed by atoms with Gasteiger partial charge in [-0.3, -0.25) is 9.59 Å².